The molecule has 0 fully saturated rings. The van der Waals surface area contributed by atoms with Gasteiger partial charge in [-0.1, -0.05) is 47.1 Å². The summed E-state index contributed by atoms with van der Waals surface area (Å²) in [5.74, 6) is -0.228. The van der Waals surface area contributed by atoms with Crippen molar-refractivity contribution in [2.75, 3.05) is 6.54 Å². The van der Waals surface area contributed by atoms with Gasteiger partial charge in [0.2, 0.25) is 0 Å². The first-order chi connectivity index (χ1) is 16.2. The number of benzene rings is 2. The van der Waals surface area contributed by atoms with Gasteiger partial charge < -0.3 is 5.32 Å². The lowest BCUT2D eigenvalue weighted by atomic mass is 10.2. The number of hydrogen-bond donors (Lipinski definition) is 1. The fraction of sp³-hybridized carbons (Fsp3) is 0.125. The van der Waals surface area contributed by atoms with Gasteiger partial charge >= 0.3 is 0 Å². The van der Waals surface area contributed by atoms with Crippen LogP contribution in [0.5, 0.6) is 0 Å². The van der Waals surface area contributed by atoms with E-state index in [1.165, 1.54) is 0 Å². The maximum Gasteiger partial charge on any atom is 0.272 e. The van der Waals surface area contributed by atoms with Crippen molar-refractivity contribution in [1.29, 1.82) is 0 Å². The van der Waals surface area contributed by atoms with E-state index in [1.54, 1.807) is 17.1 Å². The van der Waals surface area contributed by atoms with E-state index < -0.39 is 0 Å². The molecule has 0 aliphatic carbocycles. The lowest BCUT2D eigenvalue weighted by Gasteiger charge is -2.04. The lowest BCUT2D eigenvalue weighted by molar-refractivity contribution is 0.0947. The summed E-state index contributed by atoms with van der Waals surface area (Å²) >= 11 is 5.99. The first kappa shape index (κ1) is 20.8. The highest BCUT2D eigenvalue weighted by atomic mass is 35.5. The van der Waals surface area contributed by atoms with Crippen molar-refractivity contribution in [3.05, 3.63) is 95.5 Å². The zero-order valence-electron chi connectivity index (χ0n) is 17.6. The van der Waals surface area contributed by atoms with Crippen molar-refractivity contribution < 1.29 is 4.79 Å². The van der Waals surface area contributed by atoms with Crippen LogP contribution in [-0.4, -0.2) is 42.2 Å². The van der Waals surface area contributed by atoms with E-state index in [4.69, 9.17) is 11.6 Å². The Balaban J connectivity index is 1.28. The molecule has 0 saturated carbocycles. The van der Waals surface area contributed by atoms with Crippen molar-refractivity contribution in [3.63, 3.8) is 0 Å². The Labute approximate surface area is 194 Å². The van der Waals surface area contributed by atoms with E-state index in [0.29, 0.717) is 30.4 Å². The van der Waals surface area contributed by atoms with Gasteiger partial charge in [-0.25, -0.2) is 0 Å². The smallest absolute Gasteiger partial charge is 0.272 e. The van der Waals surface area contributed by atoms with Gasteiger partial charge in [0.05, 0.1) is 24.8 Å². The van der Waals surface area contributed by atoms with Gasteiger partial charge in [0.15, 0.2) is 5.69 Å². The highest BCUT2D eigenvalue weighted by molar-refractivity contribution is 6.30. The summed E-state index contributed by atoms with van der Waals surface area (Å²) in [6, 6.07) is 19.1. The SMILES string of the molecule is O=C(NCCn1cc(-c2cccnc2)nn1)c1nn(Cc2ccc(Cl)cc2)c2ccccc12. The molecule has 164 valence electrons. The van der Waals surface area contributed by atoms with Gasteiger partial charge in [-0.3, -0.25) is 19.1 Å². The predicted octanol–water partition coefficient (Wildman–Crippen LogP) is 3.82. The molecule has 0 aliphatic heterocycles. The average Bonchev–Trinajstić information content (AvgIpc) is 3.47. The van der Waals surface area contributed by atoms with Gasteiger partial charge in [-0.05, 0) is 35.9 Å². The largest absolute Gasteiger partial charge is 0.349 e. The first-order valence-corrected chi connectivity index (χ1v) is 10.8. The molecule has 1 N–H and O–H groups in total. The Hall–Kier alpha value is -4.04. The van der Waals surface area contributed by atoms with Crippen molar-refractivity contribution in [2.45, 2.75) is 13.1 Å². The third-order valence-corrected chi connectivity index (χ3v) is 5.49. The summed E-state index contributed by atoms with van der Waals surface area (Å²) in [5.41, 5.74) is 3.98. The van der Waals surface area contributed by atoms with E-state index in [0.717, 1.165) is 27.7 Å². The van der Waals surface area contributed by atoms with Crippen molar-refractivity contribution >= 4 is 28.4 Å². The summed E-state index contributed by atoms with van der Waals surface area (Å²) in [5, 5.41) is 17.3. The number of nitrogens with one attached hydrogen (secondary N) is 1. The van der Waals surface area contributed by atoms with E-state index in [-0.39, 0.29) is 5.91 Å². The molecule has 9 heteroatoms. The minimum Gasteiger partial charge on any atom is -0.349 e. The normalized spacial score (nSPS) is 11.1. The molecule has 5 aromatic rings. The quantitative estimate of drug-likeness (QED) is 0.401. The van der Waals surface area contributed by atoms with Crippen LogP contribution in [-0.2, 0) is 13.1 Å². The lowest BCUT2D eigenvalue weighted by Crippen LogP contribution is -2.28. The van der Waals surface area contributed by atoms with Gasteiger partial charge in [0, 0.05) is 34.9 Å². The minimum absolute atomic E-state index is 0.228. The zero-order valence-corrected chi connectivity index (χ0v) is 18.4. The molecule has 33 heavy (non-hydrogen) atoms. The molecule has 0 bridgehead atoms. The molecule has 5 rings (SSSR count). The van der Waals surface area contributed by atoms with Crippen LogP contribution in [0.4, 0.5) is 0 Å². The number of nitrogens with zero attached hydrogens (tertiary/aromatic N) is 6. The Bertz CT molecular complexity index is 1390. The highest BCUT2D eigenvalue weighted by Gasteiger charge is 2.17. The van der Waals surface area contributed by atoms with Crippen LogP contribution in [0.1, 0.15) is 16.1 Å². The number of amides is 1. The summed E-state index contributed by atoms with van der Waals surface area (Å²) in [6.07, 6.45) is 5.28. The summed E-state index contributed by atoms with van der Waals surface area (Å²) in [4.78, 5) is 17.0. The molecule has 8 nitrogen and oxygen atoms in total. The second kappa shape index (κ2) is 9.22. The monoisotopic (exact) mass is 457 g/mol. The van der Waals surface area contributed by atoms with Crippen molar-refractivity contribution in [1.82, 2.24) is 35.1 Å². The minimum atomic E-state index is -0.228. The molecule has 0 aliphatic rings. The van der Waals surface area contributed by atoms with E-state index in [2.05, 4.69) is 25.7 Å². The molecule has 1 amide bonds. The second-order valence-electron chi connectivity index (χ2n) is 7.51. The van der Waals surface area contributed by atoms with E-state index in [1.807, 2.05) is 71.5 Å². The second-order valence-corrected chi connectivity index (χ2v) is 7.95. The number of para-hydroxylation sites is 1. The topological polar surface area (TPSA) is 90.5 Å². The predicted molar refractivity (Wildman–Crippen MR) is 126 cm³/mol. The standard InChI is InChI=1S/C24H20ClN7O/c25-19-9-7-17(8-10-19)15-32-22-6-2-1-5-20(22)23(29-32)24(33)27-12-13-31-16-21(28-30-31)18-4-3-11-26-14-18/h1-11,14,16H,12-13,15H2,(H,27,33). The maximum atomic E-state index is 12.9. The highest BCUT2D eigenvalue weighted by Crippen LogP contribution is 2.20. The van der Waals surface area contributed by atoms with Gasteiger partial charge in [-0.2, -0.15) is 5.10 Å². The van der Waals surface area contributed by atoms with Crippen molar-refractivity contribution in [2.24, 2.45) is 0 Å². The summed E-state index contributed by atoms with van der Waals surface area (Å²) < 4.78 is 3.53. The van der Waals surface area contributed by atoms with Crippen LogP contribution >= 0.6 is 11.6 Å². The zero-order chi connectivity index (χ0) is 22.6. The fourth-order valence-corrected chi connectivity index (χ4v) is 3.73. The third kappa shape index (κ3) is 4.61. The number of fused-ring (bicyclic) bond motifs is 1. The van der Waals surface area contributed by atoms with Crippen molar-refractivity contribution in [3.8, 4) is 11.3 Å². The Morgan fingerprint density at radius 1 is 1.03 bits per heavy atom. The van der Waals surface area contributed by atoms with Crippen LogP contribution in [0.3, 0.4) is 0 Å². The summed E-state index contributed by atoms with van der Waals surface area (Å²) in [7, 11) is 0. The number of rotatable bonds is 7. The van der Waals surface area contributed by atoms with Gasteiger partial charge in [-0.15, -0.1) is 5.10 Å². The number of halogens is 1. The molecular formula is C24H20ClN7O. The van der Waals surface area contributed by atoms with Crippen LogP contribution in [0, 0.1) is 0 Å². The first-order valence-electron chi connectivity index (χ1n) is 10.5. The molecule has 0 spiro atoms. The van der Waals surface area contributed by atoms with E-state index >= 15 is 0 Å². The van der Waals surface area contributed by atoms with Gasteiger partial charge in [0.1, 0.15) is 5.69 Å². The van der Waals surface area contributed by atoms with E-state index in [9.17, 15) is 4.79 Å². The Morgan fingerprint density at radius 3 is 2.70 bits per heavy atom. The molecule has 0 unspecified atom stereocenters. The molecule has 0 saturated heterocycles. The van der Waals surface area contributed by atoms with Gasteiger partial charge in [0.25, 0.3) is 5.91 Å². The van der Waals surface area contributed by atoms with Crippen LogP contribution in [0.25, 0.3) is 22.2 Å². The number of carbonyl (C=O) groups is 1. The number of carbonyl (C=O) groups excluding carboxylic acids is 1. The fourth-order valence-electron chi connectivity index (χ4n) is 3.60. The average molecular weight is 458 g/mol. The maximum absolute atomic E-state index is 12.9. The molecule has 0 radical (unpaired) electrons. The number of hydrogen-bond acceptors (Lipinski definition) is 5. The Morgan fingerprint density at radius 2 is 1.88 bits per heavy atom. The third-order valence-electron chi connectivity index (χ3n) is 5.24. The Kier molecular flexibility index (Phi) is 5.82. The molecule has 0 atom stereocenters. The molecular weight excluding hydrogens is 438 g/mol. The van der Waals surface area contributed by atoms with Crippen LogP contribution in [0.2, 0.25) is 5.02 Å². The van der Waals surface area contributed by atoms with Crippen LogP contribution < -0.4 is 5.32 Å². The molecule has 2 aromatic carbocycles. The molecule has 3 aromatic heterocycles. The summed E-state index contributed by atoms with van der Waals surface area (Å²) in [6.45, 7) is 1.43. The number of pyridine rings is 1. The van der Waals surface area contributed by atoms with Crippen LogP contribution in [0.15, 0.2) is 79.3 Å². The number of aromatic nitrogens is 6. The molecule has 3 heterocycles.